The Hall–Kier alpha value is -2.71. The molecule has 2 aromatic rings. The molecule has 0 aromatic carbocycles. The smallest absolute Gasteiger partial charge is 0.330 e. The standard InChI is InChI=1S/C16H23N7O2/c1-4-11-24-12-7-8-13(21-20-12)25-16-18-14(22(2)3)17-15(19-16)23-9-5-6-10-23/h7-8H,4-6,9-11H2,1-3H3. The van der Waals surface area contributed by atoms with Crippen molar-refractivity contribution in [3.63, 3.8) is 0 Å². The summed E-state index contributed by atoms with van der Waals surface area (Å²) in [6, 6.07) is 3.61. The van der Waals surface area contributed by atoms with Gasteiger partial charge in [-0.3, -0.25) is 0 Å². The highest BCUT2D eigenvalue weighted by Crippen LogP contribution is 2.23. The van der Waals surface area contributed by atoms with Crippen molar-refractivity contribution in [3.8, 4) is 17.8 Å². The lowest BCUT2D eigenvalue weighted by atomic mass is 10.4. The van der Waals surface area contributed by atoms with E-state index in [0.717, 1.165) is 32.4 Å². The maximum atomic E-state index is 5.68. The molecule has 0 amide bonds. The van der Waals surface area contributed by atoms with Gasteiger partial charge >= 0.3 is 6.01 Å². The van der Waals surface area contributed by atoms with Crippen molar-refractivity contribution in [1.82, 2.24) is 25.1 Å². The first-order chi connectivity index (χ1) is 12.2. The molecule has 25 heavy (non-hydrogen) atoms. The molecule has 0 unspecified atom stereocenters. The van der Waals surface area contributed by atoms with Gasteiger partial charge in [-0.25, -0.2) is 0 Å². The Kier molecular flexibility index (Phi) is 5.42. The maximum Gasteiger partial charge on any atom is 0.330 e. The largest absolute Gasteiger partial charge is 0.477 e. The second-order valence-electron chi connectivity index (χ2n) is 5.97. The van der Waals surface area contributed by atoms with Crippen LogP contribution in [0.1, 0.15) is 26.2 Å². The van der Waals surface area contributed by atoms with E-state index in [-0.39, 0.29) is 6.01 Å². The predicted octanol–water partition coefficient (Wildman–Crippen LogP) is 1.91. The summed E-state index contributed by atoms with van der Waals surface area (Å²) in [6.45, 7) is 4.53. The fraction of sp³-hybridized carbons (Fsp3) is 0.562. The van der Waals surface area contributed by atoms with Crippen LogP contribution in [0.5, 0.6) is 17.8 Å². The van der Waals surface area contributed by atoms with Crippen molar-refractivity contribution in [2.45, 2.75) is 26.2 Å². The van der Waals surface area contributed by atoms with Gasteiger partial charge in [0, 0.05) is 39.3 Å². The van der Waals surface area contributed by atoms with Crippen LogP contribution < -0.4 is 19.3 Å². The van der Waals surface area contributed by atoms with Gasteiger partial charge in [0.25, 0.3) is 0 Å². The zero-order valence-corrected chi connectivity index (χ0v) is 14.8. The van der Waals surface area contributed by atoms with Gasteiger partial charge in [0.2, 0.25) is 23.7 Å². The lowest BCUT2D eigenvalue weighted by Crippen LogP contribution is -2.23. The summed E-state index contributed by atoms with van der Waals surface area (Å²) in [4.78, 5) is 17.2. The van der Waals surface area contributed by atoms with Crippen molar-refractivity contribution in [1.29, 1.82) is 0 Å². The Morgan fingerprint density at radius 3 is 2.40 bits per heavy atom. The molecule has 134 valence electrons. The van der Waals surface area contributed by atoms with Crippen LogP contribution in [0.2, 0.25) is 0 Å². The zero-order chi connectivity index (χ0) is 17.6. The average molecular weight is 345 g/mol. The number of anilines is 2. The van der Waals surface area contributed by atoms with Crippen LogP contribution in [0.15, 0.2) is 12.1 Å². The summed E-state index contributed by atoms with van der Waals surface area (Å²) in [5, 5.41) is 7.98. The Balaban J connectivity index is 1.78. The van der Waals surface area contributed by atoms with Crippen molar-refractivity contribution < 1.29 is 9.47 Å². The molecular formula is C16H23N7O2. The molecule has 3 heterocycles. The van der Waals surface area contributed by atoms with Gasteiger partial charge in [0.15, 0.2) is 0 Å². The van der Waals surface area contributed by atoms with Crippen LogP contribution in [-0.4, -0.2) is 58.9 Å². The molecule has 0 N–H and O–H groups in total. The van der Waals surface area contributed by atoms with Gasteiger partial charge in [0.05, 0.1) is 6.61 Å². The lowest BCUT2D eigenvalue weighted by molar-refractivity contribution is 0.298. The van der Waals surface area contributed by atoms with E-state index in [1.54, 1.807) is 12.1 Å². The molecule has 0 radical (unpaired) electrons. The molecule has 1 saturated heterocycles. The summed E-state index contributed by atoms with van der Waals surface area (Å²) >= 11 is 0. The first kappa shape index (κ1) is 17.1. The summed E-state index contributed by atoms with van der Waals surface area (Å²) in [6.07, 6.45) is 3.20. The highest BCUT2D eigenvalue weighted by molar-refractivity contribution is 5.40. The van der Waals surface area contributed by atoms with E-state index in [1.807, 2.05) is 25.9 Å². The Morgan fingerprint density at radius 2 is 1.76 bits per heavy atom. The fourth-order valence-corrected chi connectivity index (χ4v) is 2.38. The number of hydrogen-bond donors (Lipinski definition) is 0. The van der Waals surface area contributed by atoms with Gasteiger partial charge in [-0.1, -0.05) is 6.92 Å². The van der Waals surface area contributed by atoms with Crippen LogP contribution in [0.4, 0.5) is 11.9 Å². The minimum atomic E-state index is 0.206. The molecule has 1 aliphatic rings. The molecule has 0 spiro atoms. The van der Waals surface area contributed by atoms with E-state index < -0.39 is 0 Å². The Labute approximate surface area is 147 Å². The molecule has 9 heteroatoms. The second kappa shape index (κ2) is 7.91. The topological polar surface area (TPSA) is 89.4 Å². The first-order valence-corrected chi connectivity index (χ1v) is 8.48. The van der Waals surface area contributed by atoms with Crippen molar-refractivity contribution in [2.75, 3.05) is 43.6 Å². The third kappa shape index (κ3) is 4.43. The highest BCUT2D eigenvalue weighted by atomic mass is 16.5. The summed E-state index contributed by atoms with van der Waals surface area (Å²) in [7, 11) is 3.76. The number of nitrogens with zero attached hydrogens (tertiary/aromatic N) is 7. The van der Waals surface area contributed by atoms with Crippen molar-refractivity contribution >= 4 is 11.9 Å². The maximum absolute atomic E-state index is 5.68. The minimum absolute atomic E-state index is 0.206. The number of aromatic nitrogens is 5. The van der Waals surface area contributed by atoms with E-state index in [9.17, 15) is 0 Å². The molecule has 1 fully saturated rings. The van der Waals surface area contributed by atoms with Crippen molar-refractivity contribution in [3.05, 3.63) is 12.1 Å². The molecular weight excluding hydrogens is 322 g/mol. The average Bonchev–Trinajstić information content (AvgIpc) is 3.15. The number of hydrogen-bond acceptors (Lipinski definition) is 9. The molecule has 0 atom stereocenters. The molecule has 0 aliphatic carbocycles. The van der Waals surface area contributed by atoms with Gasteiger partial charge in [0.1, 0.15) is 0 Å². The highest BCUT2D eigenvalue weighted by Gasteiger charge is 2.19. The van der Waals surface area contributed by atoms with Crippen molar-refractivity contribution in [2.24, 2.45) is 0 Å². The van der Waals surface area contributed by atoms with E-state index in [0.29, 0.717) is 30.3 Å². The summed E-state index contributed by atoms with van der Waals surface area (Å²) in [5.41, 5.74) is 0. The molecule has 1 aliphatic heterocycles. The Bertz CT molecular complexity index is 687. The van der Waals surface area contributed by atoms with Crippen LogP contribution in [0, 0.1) is 0 Å². The normalized spacial score (nSPS) is 13.8. The Morgan fingerprint density at radius 1 is 1.04 bits per heavy atom. The van der Waals surface area contributed by atoms with Crippen LogP contribution >= 0.6 is 0 Å². The van der Waals surface area contributed by atoms with E-state index in [2.05, 4.69) is 30.0 Å². The van der Waals surface area contributed by atoms with Gasteiger partial charge in [-0.2, -0.15) is 15.0 Å². The summed E-state index contributed by atoms with van der Waals surface area (Å²) in [5.74, 6) is 1.95. The third-order valence-electron chi connectivity index (χ3n) is 3.65. The zero-order valence-electron chi connectivity index (χ0n) is 14.8. The third-order valence-corrected chi connectivity index (χ3v) is 3.65. The number of ether oxygens (including phenoxy) is 2. The van der Waals surface area contributed by atoms with Crippen LogP contribution in [-0.2, 0) is 0 Å². The van der Waals surface area contributed by atoms with Gasteiger partial charge in [-0.05, 0) is 19.3 Å². The first-order valence-electron chi connectivity index (χ1n) is 8.48. The van der Waals surface area contributed by atoms with Crippen LogP contribution in [0.3, 0.4) is 0 Å². The van der Waals surface area contributed by atoms with E-state index >= 15 is 0 Å². The number of rotatable bonds is 7. The lowest BCUT2D eigenvalue weighted by Gasteiger charge is -2.18. The molecule has 3 rings (SSSR count). The molecule has 9 nitrogen and oxygen atoms in total. The molecule has 0 saturated carbocycles. The quantitative estimate of drug-likeness (QED) is 0.746. The van der Waals surface area contributed by atoms with E-state index in [1.165, 1.54) is 0 Å². The second-order valence-corrected chi connectivity index (χ2v) is 5.97. The monoisotopic (exact) mass is 345 g/mol. The van der Waals surface area contributed by atoms with Gasteiger partial charge < -0.3 is 19.3 Å². The molecule has 0 bridgehead atoms. The molecule has 2 aromatic heterocycles. The fourth-order valence-electron chi connectivity index (χ4n) is 2.38. The summed E-state index contributed by atoms with van der Waals surface area (Å²) < 4.78 is 11.1. The predicted molar refractivity (Wildman–Crippen MR) is 93.5 cm³/mol. The van der Waals surface area contributed by atoms with E-state index in [4.69, 9.17) is 9.47 Å². The minimum Gasteiger partial charge on any atom is -0.477 e. The van der Waals surface area contributed by atoms with Gasteiger partial charge in [-0.15, -0.1) is 10.2 Å². The van der Waals surface area contributed by atoms with Crippen LogP contribution in [0.25, 0.3) is 0 Å². The SMILES string of the molecule is CCCOc1ccc(Oc2nc(N(C)C)nc(N3CCCC3)n2)nn1.